The molecule has 1 aromatic rings. The van der Waals surface area contributed by atoms with E-state index in [4.69, 9.17) is 9.84 Å². The smallest absolute Gasteiger partial charge is 0.274 e. The van der Waals surface area contributed by atoms with E-state index in [-0.39, 0.29) is 11.4 Å². The van der Waals surface area contributed by atoms with Crippen molar-refractivity contribution in [2.24, 2.45) is 0 Å². The van der Waals surface area contributed by atoms with Crippen molar-refractivity contribution >= 4 is 5.91 Å². The van der Waals surface area contributed by atoms with Crippen LogP contribution in [0, 0.1) is 0 Å². The summed E-state index contributed by atoms with van der Waals surface area (Å²) in [7, 11) is 0. The Morgan fingerprint density at radius 2 is 1.79 bits per heavy atom. The summed E-state index contributed by atoms with van der Waals surface area (Å²) in [6, 6.07) is 0.429. The van der Waals surface area contributed by atoms with Gasteiger partial charge in [0.15, 0.2) is 5.69 Å². The Balaban J connectivity index is 1.31. The van der Waals surface area contributed by atoms with E-state index in [9.17, 15) is 4.79 Å². The van der Waals surface area contributed by atoms with Crippen LogP contribution in [0.2, 0.25) is 0 Å². The number of aromatic nitrogens is 2. The van der Waals surface area contributed by atoms with Gasteiger partial charge in [-0.1, -0.05) is 25.7 Å². The highest BCUT2D eigenvalue weighted by Crippen LogP contribution is 2.34. The van der Waals surface area contributed by atoms with Crippen LogP contribution in [0.4, 0.5) is 0 Å². The molecule has 0 radical (unpaired) electrons. The van der Waals surface area contributed by atoms with Crippen LogP contribution in [0.5, 0.6) is 0 Å². The van der Waals surface area contributed by atoms with Gasteiger partial charge in [-0.15, -0.1) is 0 Å². The van der Waals surface area contributed by atoms with Crippen molar-refractivity contribution in [3.05, 3.63) is 17.0 Å². The number of carbonyl (C=O) groups excluding carboxylic acids is 1. The SMILES string of the molecule is CCn1nc(C(=O)N2CCCC2)c2c1CCC(NCC1(N3CCOCC3)CCCCCC1)C2. The third-order valence-electron chi connectivity index (χ3n) is 8.68. The molecule has 0 spiro atoms. The summed E-state index contributed by atoms with van der Waals surface area (Å²) in [4.78, 5) is 18.0. The summed E-state index contributed by atoms with van der Waals surface area (Å²) in [5, 5.41) is 8.83. The maximum absolute atomic E-state index is 13.3. The second-order valence-electron chi connectivity index (χ2n) is 10.6. The molecule has 0 bridgehead atoms. The number of morpholine rings is 1. The molecular weight excluding hydrogens is 414 g/mol. The first-order valence-electron chi connectivity index (χ1n) is 13.6. The van der Waals surface area contributed by atoms with E-state index >= 15 is 0 Å². The third kappa shape index (κ3) is 4.87. The zero-order valence-corrected chi connectivity index (χ0v) is 20.6. The van der Waals surface area contributed by atoms with Crippen molar-refractivity contribution in [2.45, 2.75) is 95.7 Å². The molecule has 0 aromatic carbocycles. The molecule has 3 fully saturated rings. The minimum Gasteiger partial charge on any atom is -0.379 e. The van der Waals surface area contributed by atoms with E-state index in [1.165, 1.54) is 49.8 Å². The van der Waals surface area contributed by atoms with Crippen molar-refractivity contribution < 1.29 is 9.53 Å². The number of rotatable bonds is 6. The fraction of sp³-hybridized carbons (Fsp3) is 0.846. The van der Waals surface area contributed by atoms with Crippen molar-refractivity contribution in [2.75, 3.05) is 45.9 Å². The van der Waals surface area contributed by atoms with Crippen LogP contribution in [0.1, 0.15) is 86.5 Å². The number of nitrogens with one attached hydrogen (secondary N) is 1. The van der Waals surface area contributed by atoms with Crippen LogP contribution >= 0.6 is 0 Å². The van der Waals surface area contributed by atoms with E-state index in [1.807, 2.05) is 4.90 Å². The Kier molecular flexibility index (Phi) is 7.38. The number of hydrogen-bond acceptors (Lipinski definition) is 5. The lowest BCUT2D eigenvalue weighted by molar-refractivity contribution is -0.0297. The van der Waals surface area contributed by atoms with Gasteiger partial charge >= 0.3 is 0 Å². The van der Waals surface area contributed by atoms with Crippen molar-refractivity contribution in [1.29, 1.82) is 0 Å². The van der Waals surface area contributed by atoms with Crippen LogP contribution < -0.4 is 5.32 Å². The zero-order valence-electron chi connectivity index (χ0n) is 20.6. The highest BCUT2D eigenvalue weighted by Gasteiger charge is 2.39. The van der Waals surface area contributed by atoms with Gasteiger partial charge in [-0.2, -0.15) is 5.10 Å². The van der Waals surface area contributed by atoms with Gasteiger partial charge in [-0.3, -0.25) is 14.4 Å². The monoisotopic (exact) mass is 457 g/mol. The van der Waals surface area contributed by atoms with E-state index < -0.39 is 0 Å². The maximum atomic E-state index is 13.3. The molecular formula is C26H43N5O2. The standard InChI is InChI=1S/C26H43N5O2/c1-2-31-23-10-9-21(19-22(23)24(28-31)25(32)29-13-7-8-14-29)27-20-26(11-5-3-4-6-12-26)30-15-17-33-18-16-30/h21,27H,2-20H2,1H3. The number of ether oxygens (including phenoxy) is 1. The van der Waals surface area contributed by atoms with Crippen LogP contribution in [0.3, 0.4) is 0 Å². The summed E-state index contributed by atoms with van der Waals surface area (Å²) in [6.45, 7) is 9.67. The van der Waals surface area contributed by atoms with Gasteiger partial charge in [-0.05, 0) is 51.9 Å². The molecule has 4 aliphatic rings. The number of aryl methyl sites for hydroxylation is 1. The number of hydrogen-bond donors (Lipinski definition) is 1. The molecule has 5 rings (SSSR count). The Labute approximate surface area is 199 Å². The Bertz CT molecular complexity index is 802. The van der Waals surface area contributed by atoms with Gasteiger partial charge in [0.25, 0.3) is 5.91 Å². The number of likely N-dealkylation sites (tertiary alicyclic amines) is 1. The molecule has 1 saturated carbocycles. The van der Waals surface area contributed by atoms with Crippen LogP contribution in [0.15, 0.2) is 0 Å². The first kappa shape index (κ1) is 23.3. The second-order valence-corrected chi connectivity index (χ2v) is 10.6. The molecule has 2 aliphatic heterocycles. The first-order chi connectivity index (χ1) is 16.2. The largest absolute Gasteiger partial charge is 0.379 e. The Hall–Kier alpha value is -1.44. The number of nitrogens with zero attached hydrogens (tertiary/aromatic N) is 4. The van der Waals surface area contributed by atoms with E-state index in [1.54, 1.807) is 0 Å². The highest BCUT2D eigenvalue weighted by atomic mass is 16.5. The predicted octanol–water partition coefficient (Wildman–Crippen LogP) is 3.01. The molecule has 7 heteroatoms. The van der Waals surface area contributed by atoms with Gasteiger partial charge in [0.1, 0.15) is 0 Å². The number of carbonyl (C=O) groups is 1. The van der Waals surface area contributed by atoms with E-state index in [0.29, 0.717) is 6.04 Å². The molecule has 7 nitrogen and oxygen atoms in total. The minimum atomic E-state index is 0.158. The maximum Gasteiger partial charge on any atom is 0.274 e. The van der Waals surface area contributed by atoms with Crippen LogP contribution in [0.25, 0.3) is 0 Å². The fourth-order valence-corrected chi connectivity index (χ4v) is 6.73. The van der Waals surface area contributed by atoms with Gasteiger partial charge in [0.2, 0.25) is 0 Å². The van der Waals surface area contributed by atoms with E-state index in [0.717, 1.165) is 90.3 Å². The fourth-order valence-electron chi connectivity index (χ4n) is 6.73. The molecule has 184 valence electrons. The molecule has 1 amide bonds. The molecule has 3 heterocycles. The number of fused-ring (bicyclic) bond motifs is 1. The third-order valence-corrected chi connectivity index (χ3v) is 8.68. The Morgan fingerprint density at radius 3 is 2.48 bits per heavy atom. The average molecular weight is 458 g/mol. The molecule has 1 aromatic heterocycles. The summed E-state index contributed by atoms with van der Waals surface area (Å²) in [5.41, 5.74) is 3.52. The van der Waals surface area contributed by atoms with E-state index in [2.05, 4.69) is 21.8 Å². The quantitative estimate of drug-likeness (QED) is 0.666. The lowest BCUT2D eigenvalue weighted by atomic mass is 9.85. The second kappa shape index (κ2) is 10.4. The van der Waals surface area contributed by atoms with Crippen molar-refractivity contribution in [3.8, 4) is 0 Å². The average Bonchev–Trinajstić information content (AvgIpc) is 3.46. The summed E-state index contributed by atoms with van der Waals surface area (Å²) >= 11 is 0. The lowest BCUT2D eigenvalue weighted by Gasteiger charge is -2.46. The molecule has 1 unspecified atom stereocenters. The number of amides is 1. The molecule has 1 N–H and O–H groups in total. The first-order valence-corrected chi connectivity index (χ1v) is 13.6. The molecule has 1 atom stereocenters. The van der Waals surface area contributed by atoms with Gasteiger partial charge < -0.3 is 15.0 Å². The summed E-state index contributed by atoms with van der Waals surface area (Å²) < 4.78 is 7.78. The van der Waals surface area contributed by atoms with Gasteiger partial charge in [-0.25, -0.2) is 0 Å². The normalized spacial score (nSPS) is 26.2. The highest BCUT2D eigenvalue weighted by molar-refractivity contribution is 5.94. The molecule has 33 heavy (non-hydrogen) atoms. The predicted molar refractivity (Wildman–Crippen MR) is 130 cm³/mol. The topological polar surface area (TPSA) is 62.6 Å². The summed E-state index contributed by atoms with van der Waals surface area (Å²) in [5.74, 6) is 0.158. The lowest BCUT2D eigenvalue weighted by Crippen LogP contribution is -2.59. The van der Waals surface area contributed by atoms with Crippen molar-refractivity contribution in [1.82, 2.24) is 24.9 Å². The molecule has 2 saturated heterocycles. The minimum absolute atomic E-state index is 0.158. The van der Waals surface area contributed by atoms with Crippen molar-refractivity contribution in [3.63, 3.8) is 0 Å². The van der Waals surface area contributed by atoms with Gasteiger partial charge in [0, 0.05) is 62.1 Å². The van der Waals surface area contributed by atoms with Crippen LogP contribution in [-0.2, 0) is 24.1 Å². The van der Waals surface area contributed by atoms with Gasteiger partial charge in [0.05, 0.1) is 13.2 Å². The van der Waals surface area contributed by atoms with Crippen LogP contribution in [-0.4, -0.2) is 83.0 Å². The summed E-state index contributed by atoms with van der Waals surface area (Å²) in [6.07, 6.45) is 13.3. The Morgan fingerprint density at radius 1 is 1.06 bits per heavy atom. The molecule has 2 aliphatic carbocycles. The zero-order chi connectivity index (χ0) is 22.7.